The van der Waals surface area contributed by atoms with Crippen molar-refractivity contribution in [2.75, 3.05) is 37.8 Å². The maximum Gasteiger partial charge on any atom is 0.0829 e. The van der Waals surface area contributed by atoms with Gasteiger partial charge in [-0.15, -0.1) is 0 Å². The van der Waals surface area contributed by atoms with Gasteiger partial charge in [-0.1, -0.05) is 29.3 Å². The molecule has 1 aliphatic heterocycles. The Bertz CT molecular complexity index is 423. The number of aliphatic hydroxyl groups is 1. The van der Waals surface area contributed by atoms with Gasteiger partial charge in [-0.25, -0.2) is 0 Å². The van der Waals surface area contributed by atoms with Crippen molar-refractivity contribution in [1.29, 1.82) is 0 Å². The fourth-order valence-electron chi connectivity index (χ4n) is 1.99. The third-order valence-electron chi connectivity index (χ3n) is 3.04. The number of rotatable bonds is 3. The van der Waals surface area contributed by atoms with Crippen molar-refractivity contribution in [3.8, 4) is 0 Å². The van der Waals surface area contributed by atoms with Gasteiger partial charge < -0.3 is 20.5 Å². The molecule has 1 aromatic rings. The molecule has 18 heavy (non-hydrogen) atoms. The van der Waals surface area contributed by atoms with Crippen molar-refractivity contribution in [3.63, 3.8) is 0 Å². The summed E-state index contributed by atoms with van der Waals surface area (Å²) in [5.74, 6) is 0. The molecule has 1 saturated heterocycles. The zero-order valence-electron chi connectivity index (χ0n) is 9.90. The molecule has 1 aromatic carbocycles. The number of hydrogen-bond acceptors (Lipinski definition) is 4. The first-order chi connectivity index (χ1) is 8.65. The van der Waals surface area contributed by atoms with Crippen LogP contribution in [-0.4, -0.2) is 38.0 Å². The summed E-state index contributed by atoms with van der Waals surface area (Å²) in [7, 11) is 0. The van der Waals surface area contributed by atoms with Gasteiger partial charge in [0.1, 0.15) is 0 Å². The molecule has 0 amide bonds. The van der Waals surface area contributed by atoms with Gasteiger partial charge in [0, 0.05) is 13.1 Å². The number of hydrogen-bond donors (Lipinski definition) is 2. The lowest BCUT2D eigenvalue weighted by molar-refractivity contribution is 0.122. The maximum absolute atomic E-state index is 9.07. The Morgan fingerprint density at radius 3 is 2.56 bits per heavy atom. The second kappa shape index (κ2) is 6.08. The van der Waals surface area contributed by atoms with Gasteiger partial charge in [0.25, 0.3) is 0 Å². The van der Waals surface area contributed by atoms with Crippen molar-refractivity contribution in [2.45, 2.75) is 6.04 Å². The Morgan fingerprint density at radius 1 is 1.28 bits per heavy atom. The molecule has 0 spiro atoms. The van der Waals surface area contributed by atoms with Gasteiger partial charge in [0.15, 0.2) is 0 Å². The average molecular weight is 291 g/mol. The Kier molecular flexibility index (Phi) is 4.70. The summed E-state index contributed by atoms with van der Waals surface area (Å²) in [6.45, 7) is 2.80. The van der Waals surface area contributed by atoms with E-state index in [1.54, 1.807) is 0 Å². The lowest BCUT2D eigenvalue weighted by atomic mass is 10.1. The highest BCUT2D eigenvalue weighted by molar-refractivity contribution is 6.44. The molecule has 0 aromatic heterocycles. The van der Waals surface area contributed by atoms with E-state index in [0.29, 0.717) is 28.8 Å². The van der Waals surface area contributed by atoms with Gasteiger partial charge in [-0.3, -0.25) is 0 Å². The maximum atomic E-state index is 9.07. The van der Waals surface area contributed by atoms with E-state index in [1.165, 1.54) is 0 Å². The molecule has 0 aliphatic carbocycles. The molecule has 1 aliphatic rings. The summed E-state index contributed by atoms with van der Waals surface area (Å²) < 4.78 is 5.30. The number of anilines is 1. The lowest BCUT2D eigenvalue weighted by Gasteiger charge is -2.30. The topological polar surface area (TPSA) is 58.7 Å². The fraction of sp³-hybridized carbons (Fsp3) is 0.500. The first-order valence-corrected chi connectivity index (χ1v) is 6.57. The molecule has 3 N–H and O–H groups in total. The largest absolute Gasteiger partial charge is 0.394 e. The highest BCUT2D eigenvalue weighted by atomic mass is 35.5. The van der Waals surface area contributed by atoms with E-state index in [-0.39, 0.29) is 6.61 Å². The third-order valence-corrected chi connectivity index (χ3v) is 3.93. The number of nitrogens with two attached hydrogens (primary N) is 1. The molecule has 0 unspecified atom stereocenters. The molecule has 1 fully saturated rings. The van der Waals surface area contributed by atoms with Crippen LogP contribution < -0.4 is 10.6 Å². The normalized spacial score (nSPS) is 17.9. The van der Waals surface area contributed by atoms with E-state index < -0.39 is 6.04 Å². The summed E-state index contributed by atoms with van der Waals surface area (Å²) in [6.07, 6.45) is 0. The summed E-state index contributed by atoms with van der Waals surface area (Å²) in [5, 5.41) is 9.97. The minimum Gasteiger partial charge on any atom is -0.394 e. The molecule has 0 saturated carbocycles. The Morgan fingerprint density at radius 2 is 1.94 bits per heavy atom. The van der Waals surface area contributed by atoms with E-state index in [1.807, 2.05) is 12.1 Å². The quantitative estimate of drug-likeness (QED) is 0.892. The van der Waals surface area contributed by atoms with E-state index in [2.05, 4.69) is 4.90 Å². The van der Waals surface area contributed by atoms with Crippen LogP contribution in [0.15, 0.2) is 12.1 Å². The number of aliphatic hydroxyl groups excluding tert-OH is 1. The van der Waals surface area contributed by atoms with Crippen LogP contribution in [0, 0.1) is 0 Å². The highest BCUT2D eigenvalue weighted by Crippen LogP contribution is 2.37. The van der Waals surface area contributed by atoms with Crippen LogP contribution in [0.5, 0.6) is 0 Å². The van der Waals surface area contributed by atoms with Gasteiger partial charge in [-0.2, -0.15) is 0 Å². The van der Waals surface area contributed by atoms with Gasteiger partial charge in [0.05, 0.1) is 41.6 Å². The zero-order valence-corrected chi connectivity index (χ0v) is 11.4. The van der Waals surface area contributed by atoms with Gasteiger partial charge in [0.2, 0.25) is 0 Å². The zero-order chi connectivity index (χ0) is 13.1. The smallest absolute Gasteiger partial charge is 0.0829 e. The van der Waals surface area contributed by atoms with Crippen molar-refractivity contribution < 1.29 is 9.84 Å². The Hall–Kier alpha value is -0.520. The van der Waals surface area contributed by atoms with Crippen molar-refractivity contribution >= 4 is 28.9 Å². The predicted octanol–water partition coefficient (Wildman–Crippen LogP) is 1.82. The summed E-state index contributed by atoms with van der Waals surface area (Å²) >= 11 is 12.5. The third kappa shape index (κ3) is 2.73. The van der Waals surface area contributed by atoms with Crippen LogP contribution in [0.4, 0.5) is 5.69 Å². The van der Waals surface area contributed by atoms with Crippen LogP contribution in [0.3, 0.4) is 0 Å². The number of halogens is 2. The molecule has 0 radical (unpaired) electrons. The molecule has 1 atom stereocenters. The van der Waals surface area contributed by atoms with E-state index in [9.17, 15) is 0 Å². The minimum atomic E-state index is -0.506. The first kappa shape index (κ1) is 13.9. The van der Waals surface area contributed by atoms with Crippen molar-refractivity contribution in [1.82, 2.24) is 0 Å². The van der Waals surface area contributed by atoms with E-state index >= 15 is 0 Å². The van der Waals surface area contributed by atoms with Crippen molar-refractivity contribution in [2.24, 2.45) is 5.73 Å². The predicted molar refractivity (Wildman–Crippen MR) is 73.5 cm³/mol. The number of ether oxygens (including phenoxy) is 1. The Balaban J connectivity index is 2.30. The molecule has 2 rings (SSSR count). The minimum absolute atomic E-state index is 0.160. The first-order valence-electron chi connectivity index (χ1n) is 5.82. The van der Waals surface area contributed by atoms with Crippen LogP contribution >= 0.6 is 23.2 Å². The van der Waals surface area contributed by atoms with Gasteiger partial charge >= 0.3 is 0 Å². The van der Waals surface area contributed by atoms with Crippen LogP contribution in [0.2, 0.25) is 10.0 Å². The van der Waals surface area contributed by atoms with Crippen LogP contribution in [0.25, 0.3) is 0 Å². The second-order valence-electron chi connectivity index (χ2n) is 4.19. The van der Waals surface area contributed by atoms with E-state index in [4.69, 9.17) is 38.8 Å². The standard InChI is InChI=1S/C12H16Cl2N2O2/c13-11-8(9(15)7-17)1-2-10(12(11)14)16-3-5-18-6-4-16/h1-2,9,17H,3-7,15H2/t9-/m0/s1. The van der Waals surface area contributed by atoms with Crippen LogP contribution in [0.1, 0.15) is 11.6 Å². The number of morpholine rings is 1. The summed E-state index contributed by atoms with van der Waals surface area (Å²) in [4.78, 5) is 2.13. The SMILES string of the molecule is N[C@@H](CO)c1ccc(N2CCOCC2)c(Cl)c1Cl. The average Bonchev–Trinajstić information content (AvgIpc) is 2.42. The van der Waals surface area contributed by atoms with Gasteiger partial charge in [-0.05, 0) is 11.6 Å². The molecular formula is C12H16Cl2N2O2. The second-order valence-corrected chi connectivity index (χ2v) is 4.95. The van der Waals surface area contributed by atoms with E-state index in [0.717, 1.165) is 18.8 Å². The monoisotopic (exact) mass is 290 g/mol. The van der Waals surface area contributed by atoms with Crippen LogP contribution in [-0.2, 0) is 4.74 Å². The fourth-order valence-corrected chi connectivity index (χ4v) is 2.58. The number of benzene rings is 1. The van der Waals surface area contributed by atoms with Crippen molar-refractivity contribution in [3.05, 3.63) is 27.7 Å². The lowest BCUT2D eigenvalue weighted by Crippen LogP contribution is -2.36. The number of nitrogens with zero attached hydrogens (tertiary/aromatic N) is 1. The summed E-state index contributed by atoms with van der Waals surface area (Å²) in [5.41, 5.74) is 7.32. The molecule has 100 valence electrons. The highest BCUT2D eigenvalue weighted by Gasteiger charge is 2.19. The molecule has 4 nitrogen and oxygen atoms in total. The molecular weight excluding hydrogens is 275 g/mol. The molecule has 0 bridgehead atoms. The summed E-state index contributed by atoms with van der Waals surface area (Å²) in [6, 6.07) is 3.21. The Labute approximate surface area is 116 Å². The molecule has 6 heteroatoms. The molecule has 1 heterocycles.